The van der Waals surface area contributed by atoms with Crippen LogP contribution in [-0.2, 0) is 23.0 Å². The highest BCUT2D eigenvalue weighted by Crippen LogP contribution is 2.19. The monoisotopic (exact) mass is 329 g/mol. The molecule has 0 amide bonds. The third kappa shape index (κ3) is 3.70. The molecule has 8 heteroatoms. The van der Waals surface area contributed by atoms with Gasteiger partial charge in [-0.15, -0.1) is 11.3 Å². The molecule has 2 aromatic rings. The first-order chi connectivity index (χ1) is 9.95. The average molecular weight is 329 g/mol. The molecule has 116 valence electrons. The minimum atomic E-state index is -3.58. The molecule has 0 unspecified atom stereocenters. The van der Waals surface area contributed by atoms with Gasteiger partial charge in [0.25, 0.3) is 0 Å². The first-order valence-electron chi connectivity index (χ1n) is 6.62. The lowest BCUT2D eigenvalue weighted by molar-refractivity contribution is 0.267. The largest absolute Gasteiger partial charge is 0.394 e. The molecule has 0 atom stereocenters. The van der Waals surface area contributed by atoms with Gasteiger partial charge in [0.1, 0.15) is 4.90 Å². The molecule has 0 aliphatic rings. The van der Waals surface area contributed by atoms with Crippen LogP contribution < -0.4 is 4.72 Å². The number of hydrogen-bond donors (Lipinski definition) is 2. The first kappa shape index (κ1) is 16.2. The van der Waals surface area contributed by atoms with Crippen molar-refractivity contribution in [1.82, 2.24) is 14.5 Å². The van der Waals surface area contributed by atoms with Crippen molar-refractivity contribution in [3.63, 3.8) is 0 Å². The van der Waals surface area contributed by atoms with E-state index in [9.17, 15) is 8.42 Å². The van der Waals surface area contributed by atoms with E-state index in [1.807, 2.05) is 17.5 Å². The topological polar surface area (TPSA) is 84.2 Å². The Hall–Kier alpha value is -1.22. The third-order valence-electron chi connectivity index (χ3n) is 3.14. The van der Waals surface area contributed by atoms with Gasteiger partial charge in [0.05, 0.1) is 24.5 Å². The quantitative estimate of drug-likeness (QED) is 0.796. The molecule has 0 saturated heterocycles. The fourth-order valence-corrected chi connectivity index (χ4v) is 4.37. The second-order valence-electron chi connectivity index (χ2n) is 4.67. The Morgan fingerprint density at radius 1 is 1.43 bits per heavy atom. The van der Waals surface area contributed by atoms with Crippen LogP contribution in [0.5, 0.6) is 0 Å². The van der Waals surface area contributed by atoms with Crippen LogP contribution in [0.1, 0.15) is 16.3 Å². The molecule has 21 heavy (non-hydrogen) atoms. The number of aryl methyl sites for hydroxylation is 1. The summed E-state index contributed by atoms with van der Waals surface area (Å²) >= 11 is 1.61. The zero-order valence-electron chi connectivity index (χ0n) is 12.0. The minimum Gasteiger partial charge on any atom is -0.394 e. The van der Waals surface area contributed by atoms with Crippen LogP contribution in [0, 0.1) is 13.8 Å². The lowest BCUT2D eigenvalue weighted by Crippen LogP contribution is -2.26. The number of nitrogens with zero attached hydrogens (tertiary/aromatic N) is 2. The number of aliphatic hydroxyl groups excluding tert-OH is 1. The van der Waals surface area contributed by atoms with Gasteiger partial charge in [-0.2, -0.15) is 5.10 Å². The summed E-state index contributed by atoms with van der Waals surface area (Å²) in [5.74, 6) is 0. The van der Waals surface area contributed by atoms with Crippen molar-refractivity contribution in [3.05, 3.63) is 33.8 Å². The lowest BCUT2D eigenvalue weighted by atomic mass is 10.3. The Morgan fingerprint density at radius 3 is 2.81 bits per heavy atom. The Bertz CT molecular complexity index is 691. The number of nitrogens with one attached hydrogen (secondary N) is 1. The average Bonchev–Trinajstić information content (AvgIpc) is 2.99. The summed E-state index contributed by atoms with van der Waals surface area (Å²) in [4.78, 5) is 1.35. The fraction of sp³-hybridized carbons (Fsp3) is 0.462. The molecule has 0 aliphatic carbocycles. The molecule has 0 aliphatic heterocycles. The van der Waals surface area contributed by atoms with E-state index >= 15 is 0 Å². The highest BCUT2D eigenvalue weighted by Gasteiger charge is 2.24. The van der Waals surface area contributed by atoms with Crippen molar-refractivity contribution < 1.29 is 13.5 Å². The molecule has 2 N–H and O–H groups in total. The number of rotatable bonds is 7. The number of hydrogen-bond acceptors (Lipinski definition) is 5. The summed E-state index contributed by atoms with van der Waals surface area (Å²) in [5, 5.41) is 15.1. The number of sulfonamides is 1. The predicted octanol–water partition coefficient (Wildman–Crippen LogP) is 1.07. The van der Waals surface area contributed by atoms with E-state index in [0.717, 1.165) is 4.88 Å². The molecule has 0 saturated carbocycles. The van der Waals surface area contributed by atoms with Gasteiger partial charge in [-0.25, -0.2) is 13.1 Å². The molecular weight excluding hydrogens is 310 g/mol. The van der Waals surface area contributed by atoms with Crippen molar-refractivity contribution in [3.8, 4) is 0 Å². The fourth-order valence-electron chi connectivity index (χ4n) is 2.22. The highest BCUT2D eigenvalue weighted by molar-refractivity contribution is 7.89. The maximum atomic E-state index is 12.4. The molecule has 2 rings (SSSR count). The van der Waals surface area contributed by atoms with E-state index in [2.05, 4.69) is 9.82 Å². The minimum absolute atomic E-state index is 0.0761. The van der Waals surface area contributed by atoms with Crippen molar-refractivity contribution in [2.45, 2.75) is 31.7 Å². The van der Waals surface area contributed by atoms with Crippen molar-refractivity contribution >= 4 is 21.4 Å². The first-order valence-corrected chi connectivity index (χ1v) is 8.99. The normalized spacial score (nSPS) is 12.0. The van der Waals surface area contributed by atoms with Gasteiger partial charge in [-0.05, 0) is 31.7 Å². The van der Waals surface area contributed by atoms with Crippen LogP contribution in [0.15, 0.2) is 22.4 Å². The number of thiophene rings is 1. The highest BCUT2D eigenvalue weighted by atomic mass is 32.2. The van der Waals surface area contributed by atoms with E-state index in [4.69, 9.17) is 5.11 Å². The van der Waals surface area contributed by atoms with Crippen LogP contribution in [0.4, 0.5) is 0 Å². The Labute approximate surface area is 128 Å². The SMILES string of the molecule is Cc1nn(CCO)c(C)c1S(=O)(=O)NCCc1cccs1. The van der Waals surface area contributed by atoms with E-state index in [1.54, 1.807) is 25.2 Å². The van der Waals surface area contributed by atoms with Crippen LogP contribution in [0.3, 0.4) is 0 Å². The summed E-state index contributed by atoms with van der Waals surface area (Å²) in [7, 11) is -3.58. The molecule has 0 spiro atoms. The van der Waals surface area contributed by atoms with Crippen molar-refractivity contribution in [2.75, 3.05) is 13.2 Å². The van der Waals surface area contributed by atoms with E-state index in [0.29, 0.717) is 24.4 Å². The van der Waals surface area contributed by atoms with Crippen LogP contribution >= 0.6 is 11.3 Å². The van der Waals surface area contributed by atoms with Gasteiger partial charge in [0.15, 0.2) is 0 Å². The number of aromatic nitrogens is 2. The van der Waals surface area contributed by atoms with Gasteiger partial charge in [-0.3, -0.25) is 4.68 Å². The van der Waals surface area contributed by atoms with Gasteiger partial charge in [-0.1, -0.05) is 6.07 Å². The standard InChI is InChI=1S/C13H19N3O3S2/c1-10-13(11(2)16(15-10)7-8-17)21(18,19)14-6-5-12-4-3-9-20-12/h3-4,9,14,17H,5-8H2,1-2H3. The number of aliphatic hydroxyl groups is 1. The summed E-state index contributed by atoms with van der Waals surface area (Å²) in [5.41, 5.74) is 0.995. The zero-order valence-corrected chi connectivity index (χ0v) is 13.7. The maximum Gasteiger partial charge on any atom is 0.244 e. The predicted molar refractivity (Wildman–Crippen MR) is 82.0 cm³/mol. The molecular formula is C13H19N3O3S2. The molecule has 6 nitrogen and oxygen atoms in total. The second kappa shape index (κ2) is 6.69. The van der Waals surface area contributed by atoms with Crippen LogP contribution in [0.25, 0.3) is 0 Å². The van der Waals surface area contributed by atoms with Gasteiger partial charge < -0.3 is 5.11 Å². The molecule has 2 heterocycles. The molecule has 0 bridgehead atoms. The second-order valence-corrected chi connectivity index (χ2v) is 7.41. The third-order valence-corrected chi connectivity index (χ3v) is 5.79. The Balaban J connectivity index is 2.12. The zero-order chi connectivity index (χ0) is 15.5. The molecule has 0 radical (unpaired) electrons. The summed E-state index contributed by atoms with van der Waals surface area (Å²) < 4.78 is 28.9. The van der Waals surface area contributed by atoms with E-state index < -0.39 is 10.0 Å². The smallest absolute Gasteiger partial charge is 0.244 e. The van der Waals surface area contributed by atoms with Crippen molar-refractivity contribution in [1.29, 1.82) is 0 Å². The molecule has 0 fully saturated rings. The molecule has 2 aromatic heterocycles. The van der Waals surface area contributed by atoms with Crippen LogP contribution in [-0.4, -0.2) is 36.5 Å². The summed E-state index contributed by atoms with van der Waals surface area (Å²) in [6.45, 7) is 3.93. The van der Waals surface area contributed by atoms with Gasteiger partial charge >= 0.3 is 0 Å². The Morgan fingerprint density at radius 2 is 2.19 bits per heavy atom. The molecule has 0 aromatic carbocycles. The lowest BCUT2D eigenvalue weighted by Gasteiger charge is -2.07. The Kier molecular flexibility index (Phi) is 5.15. The van der Waals surface area contributed by atoms with Gasteiger partial charge in [0.2, 0.25) is 10.0 Å². The maximum absolute atomic E-state index is 12.4. The van der Waals surface area contributed by atoms with E-state index in [-0.39, 0.29) is 18.0 Å². The van der Waals surface area contributed by atoms with E-state index in [1.165, 1.54) is 4.68 Å². The van der Waals surface area contributed by atoms with Crippen LogP contribution in [0.2, 0.25) is 0 Å². The van der Waals surface area contributed by atoms with Crippen molar-refractivity contribution in [2.24, 2.45) is 0 Å². The summed E-state index contributed by atoms with van der Waals surface area (Å²) in [6.07, 6.45) is 0.666. The summed E-state index contributed by atoms with van der Waals surface area (Å²) in [6, 6.07) is 3.93. The van der Waals surface area contributed by atoms with Gasteiger partial charge in [0, 0.05) is 11.4 Å².